The molecule has 0 bridgehead atoms. The largest absolute Gasteiger partial charge is 0.481 e. The van der Waals surface area contributed by atoms with Gasteiger partial charge >= 0.3 is 0 Å². The molecule has 1 aromatic heterocycles. The molecule has 130 valence electrons. The average molecular weight is 337 g/mol. The number of nitrogens with zero attached hydrogens (tertiary/aromatic N) is 2. The Hall–Kier alpha value is -2.66. The summed E-state index contributed by atoms with van der Waals surface area (Å²) in [6.07, 6.45) is 6.68. The van der Waals surface area contributed by atoms with Crippen molar-refractivity contribution in [2.45, 2.75) is 25.3 Å². The van der Waals surface area contributed by atoms with Crippen molar-refractivity contribution in [2.24, 2.45) is 0 Å². The normalized spacial score (nSPS) is 16.0. The van der Waals surface area contributed by atoms with E-state index in [0.717, 1.165) is 42.7 Å². The summed E-state index contributed by atoms with van der Waals surface area (Å²) in [7, 11) is 1.57. The smallest absolute Gasteiger partial charge is 0.253 e. The topological polar surface area (TPSA) is 54.5 Å². The van der Waals surface area contributed by atoms with Crippen LogP contribution in [0.1, 0.15) is 30.9 Å². The number of amides is 1. The van der Waals surface area contributed by atoms with Crippen LogP contribution in [0.15, 0.2) is 55.3 Å². The van der Waals surface area contributed by atoms with Gasteiger partial charge in [-0.1, -0.05) is 24.3 Å². The summed E-state index contributed by atoms with van der Waals surface area (Å²) in [5.74, 6) is 0.553. The number of hydrogen-bond acceptors (Lipinski definition) is 4. The van der Waals surface area contributed by atoms with Crippen LogP contribution in [0.3, 0.4) is 0 Å². The summed E-state index contributed by atoms with van der Waals surface area (Å²) in [4.78, 5) is 19.0. The monoisotopic (exact) mass is 337 g/mol. The molecule has 5 nitrogen and oxygen atoms in total. The zero-order chi connectivity index (χ0) is 17.6. The molecule has 25 heavy (non-hydrogen) atoms. The molecule has 5 heteroatoms. The molecule has 1 amide bonds. The maximum atomic E-state index is 13.0. The van der Waals surface area contributed by atoms with Gasteiger partial charge in [0.25, 0.3) is 5.91 Å². The second-order valence-electron chi connectivity index (χ2n) is 5.96. The molecular weight excluding hydrogens is 314 g/mol. The van der Waals surface area contributed by atoms with Crippen molar-refractivity contribution in [3.8, 4) is 5.88 Å². The maximum absolute atomic E-state index is 13.0. The molecule has 0 spiro atoms. The number of unbranched alkanes of at least 4 members (excludes halogenated alkanes) is 2. The minimum Gasteiger partial charge on any atom is -0.481 e. The Kier molecular flexibility index (Phi) is 5.46. The van der Waals surface area contributed by atoms with Gasteiger partial charge in [0, 0.05) is 11.6 Å². The van der Waals surface area contributed by atoms with E-state index in [4.69, 9.17) is 4.74 Å². The van der Waals surface area contributed by atoms with Crippen LogP contribution in [-0.2, 0) is 4.79 Å². The highest BCUT2D eigenvalue weighted by molar-refractivity contribution is 6.09. The molecule has 2 aromatic rings. The molecule has 0 saturated heterocycles. The Morgan fingerprint density at radius 3 is 2.84 bits per heavy atom. The molecule has 0 fully saturated rings. The van der Waals surface area contributed by atoms with Crippen LogP contribution in [-0.4, -0.2) is 24.5 Å². The summed E-state index contributed by atoms with van der Waals surface area (Å²) in [5, 5.41) is 3.40. The third-order valence-electron chi connectivity index (χ3n) is 4.33. The van der Waals surface area contributed by atoms with E-state index >= 15 is 0 Å². The minimum atomic E-state index is -0.318. The zero-order valence-electron chi connectivity index (χ0n) is 14.4. The molecule has 1 aliphatic rings. The molecular formula is C20H23N3O2. The molecule has 1 unspecified atom stereocenters. The molecule has 0 saturated carbocycles. The van der Waals surface area contributed by atoms with Gasteiger partial charge in [-0.3, -0.25) is 9.69 Å². The molecule has 0 radical (unpaired) electrons. The van der Waals surface area contributed by atoms with Crippen molar-refractivity contribution in [2.75, 3.05) is 18.6 Å². The Labute approximate surface area is 148 Å². The van der Waals surface area contributed by atoms with Crippen molar-refractivity contribution in [1.82, 2.24) is 10.3 Å². The number of benzene rings is 1. The summed E-state index contributed by atoms with van der Waals surface area (Å²) in [5.41, 5.74) is 2.66. The highest BCUT2D eigenvalue weighted by Crippen LogP contribution is 2.40. The molecule has 1 aliphatic heterocycles. The standard InChI is InChI=1S/C20H23N3O2/c1-3-4-5-8-13-21-19-16-9-6-7-10-17(16)23(20(19)24)15-11-12-18(25-2)22-14-15/h3,6-7,9-12,14,19,21H,1,4-5,8,13H2,2H3. The second-order valence-corrected chi connectivity index (χ2v) is 5.96. The summed E-state index contributed by atoms with van der Waals surface area (Å²) in [6.45, 7) is 4.54. The van der Waals surface area contributed by atoms with E-state index in [0.29, 0.717) is 5.88 Å². The number of aromatic nitrogens is 1. The number of anilines is 2. The van der Waals surface area contributed by atoms with Crippen molar-refractivity contribution in [3.63, 3.8) is 0 Å². The first-order valence-corrected chi connectivity index (χ1v) is 8.53. The second kappa shape index (κ2) is 7.94. The van der Waals surface area contributed by atoms with Crippen molar-refractivity contribution in [3.05, 3.63) is 60.8 Å². The number of carbonyl (C=O) groups excluding carboxylic acids is 1. The predicted molar refractivity (Wildman–Crippen MR) is 99.2 cm³/mol. The summed E-state index contributed by atoms with van der Waals surface area (Å²) < 4.78 is 5.10. The van der Waals surface area contributed by atoms with E-state index in [1.165, 1.54) is 0 Å². The van der Waals surface area contributed by atoms with E-state index in [2.05, 4.69) is 16.9 Å². The number of methoxy groups -OCH3 is 1. The lowest BCUT2D eigenvalue weighted by Crippen LogP contribution is -2.32. The van der Waals surface area contributed by atoms with Gasteiger partial charge in [0.1, 0.15) is 6.04 Å². The average Bonchev–Trinajstić information content (AvgIpc) is 2.93. The summed E-state index contributed by atoms with van der Waals surface area (Å²) in [6, 6.07) is 11.2. The fourth-order valence-corrected chi connectivity index (χ4v) is 3.07. The number of para-hydroxylation sites is 1. The van der Waals surface area contributed by atoms with Crippen LogP contribution in [0, 0.1) is 0 Å². The van der Waals surface area contributed by atoms with Crippen LogP contribution in [0.5, 0.6) is 5.88 Å². The van der Waals surface area contributed by atoms with Gasteiger partial charge in [0.05, 0.1) is 24.7 Å². The zero-order valence-corrected chi connectivity index (χ0v) is 14.4. The van der Waals surface area contributed by atoms with Crippen LogP contribution < -0.4 is 15.0 Å². The Balaban J connectivity index is 1.80. The van der Waals surface area contributed by atoms with Gasteiger partial charge in [-0.05, 0) is 37.9 Å². The van der Waals surface area contributed by atoms with E-state index in [1.54, 1.807) is 24.3 Å². The lowest BCUT2D eigenvalue weighted by molar-refractivity contribution is -0.119. The maximum Gasteiger partial charge on any atom is 0.253 e. The van der Waals surface area contributed by atoms with E-state index in [1.807, 2.05) is 36.4 Å². The Morgan fingerprint density at radius 1 is 1.28 bits per heavy atom. The molecule has 3 rings (SSSR count). The third kappa shape index (κ3) is 3.56. The molecule has 1 aromatic carbocycles. The Bertz CT molecular complexity index is 743. The molecule has 1 atom stereocenters. The van der Waals surface area contributed by atoms with Crippen molar-refractivity contribution in [1.29, 1.82) is 0 Å². The minimum absolute atomic E-state index is 0.0249. The van der Waals surface area contributed by atoms with Gasteiger partial charge < -0.3 is 10.1 Å². The number of fused-ring (bicyclic) bond motifs is 1. The molecule has 2 heterocycles. The van der Waals surface area contributed by atoms with Gasteiger partial charge in [0.2, 0.25) is 5.88 Å². The van der Waals surface area contributed by atoms with E-state index in [-0.39, 0.29) is 11.9 Å². The Morgan fingerprint density at radius 2 is 2.12 bits per heavy atom. The van der Waals surface area contributed by atoms with Crippen LogP contribution in [0.4, 0.5) is 11.4 Å². The van der Waals surface area contributed by atoms with Crippen LogP contribution >= 0.6 is 0 Å². The lowest BCUT2D eigenvalue weighted by Gasteiger charge is -2.18. The van der Waals surface area contributed by atoms with Crippen LogP contribution in [0.2, 0.25) is 0 Å². The number of rotatable bonds is 8. The number of nitrogens with one attached hydrogen (secondary N) is 1. The quantitative estimate of drug-likeness (QED) is 0.589. The van der Waals surface area contributed by atoms with Gasteiger partial charge in [-0.15, -0.1) is 6.58 Å². The first-order chi connectivity index (χ1) is 12.3. The highest BCUT2D eigenvalue weighted by Gasteiger charge is 2.37. The lowest BCUT2D eigenvalue weighted by atomic mass is 10.1. The fourth-order valence-electron chi connectivity index (χ4n) is 3.07. The fraction of sp³-hybridized carbons (Fsp3) is 0.300. The third-order valence-corrected chi connectivity index (χ3v) is 4.33. The van der Waals surface area contributed by atoms with Crippen molar-refractivity contribution >= 4 is 17.3 Å². The number of pyridine rings is 1. The van der Waals surface area contributed by atoms with Crippen molar-refractivity contribution < 1.29 is 9.53 Å². The SMILES string of the molecule is C=CCCCCNC1C(=O)N(c2ccc(OC)nc2)c2ccccc21. The predicted octanol–water partition coefficient (Wildman–Crippen LogP) is 3.76. The summed E-state index contributed by atoms with van der Waals surface area (Å²) >= 11 is 0. The number of ether oxygens (including phenoxy) is 1. The molecule has 1 N–H and O–H groups in total. The first-order valence-electron chi connectivity index (χ1n) is 8.53. The highest BCUT2D eigenvalue weighted by atomic mass is 16.5. The number of allylic oxidation sites excluding steroid dienone is 1. The van der Waals surface area contributed by atoms with Crippen LogP contribution in [0.25, 0.3) is 0 Å². The first kappa shape index (κ1) is 17.2. The van der Waals surface area contributed by atoms with E-state index in [9.17, 15) is 4.79 Å². The van der Waals surface area contributed by atoms with Gasteiger partial charge in [-0.25, -0.2) is 4.98 Å². The number of hydrogen-bond donors (Lipinski definition) is 1. The number of carbonyl (C=O) groups is 1. The molecule has 0 aliphatic carbocycles. The van der Waals surface area contributed by atoms with Gasteiger partial charge in [-0.2, -0.15) is 0 Å². The van der Waals surface area contributed by atoms with E-state index < -0.39 is 0 Å². The van der Waals surface area contributed by atoms with Gasteiger partial charge in [0.15, 0.2) is 0 Å².